The van der Waals surface area contributed by atoms with Crippen molar-refractivity contribution in [3.8, 4) is 0 Å². The van der Waals surface area contributed by atoms with Gasteiger partial charge in [0.1, 0.15) is 6.73 Å². The monoisotopic (exact) mass is 124 g/mol. The maximum Gasteiger partial charge on any atom is 0.106 e. The van der Waals surface area contributed by atoms with Crippen LogP contribution in [0.1, 0.15) is 0 Å². The maximum atomic E-state index is 9.70. The van der Waals surface area contributed by atoms with Crippen LogP contribution in [0.3, 0.4) is 0 Å². The van der Waals surface area contributed by atoms with Crippen molar-refractivity contribution in [2.45, 2.75) is 0 Å². The highest BCUT2D eigenvalue weighted by molar-refractivity contribution is 7.76. The van der Waals surface area contributed by atoms with E-state index in [4.69, 9.17) is 5.11 Å². The third-order valence-corrected chi connectivity index (χ3v) is 1.08. The number of aliphatic hydroxyl groups is 1. The summed E-state index contributed by atoms with van der Waals surface area (Å²) in [4.78, 5) is 0. The number of hydrogen-bond acceptors (Lipinski definition) is 3. The summed E-state index contributed by atoms with van der Waals surface area (Å²) in [6.07, 6.45) is 0. The Morgan fingerprint density at radius 1 is 2.00 bits per heavy atom. The van der Waals surface area contributed by atoms with Crippen molar-refractivity contribution in [3.63, 3.8) is 0 Å². The smallest absolute Gasteiger partial charge is 0.106 e. The zero-order valence-corrected chi connectivity index (χ0v) is 4.64. The second kappa shape index (κ2) is 3.09. The van der Waals surface area contributed by atoms with Crippen LogP contribution in [0.5, 0.6) is 0 Å². The van der Waals surface area contributed by atoms with Crippen molar-refractivity contribution >= 4 is 11.3 Å². The van der Waals surface area contributed by atoms with Gasteiger partial charge in [0.2, 0.25) is 0 Å². The Balaban J connectivity index is 3.34. The summed E-state index contributed by atoms with van der Waals surface area (Å²) < 4.78 is 20.2. The fourth-order valence-electron chi connectivity index (χ4n) is 0.0471. The van der Waals surface area contributed by atoms with Crippen molar-refractivity contribution in [1.29, 1.82) is 0 Å². The van der Waals surface area contributed by atoms with Gasteiger partial charge in [-0.15, -0.1) is 0 Å². The topological polar surface area (TPSA) is 63.6 Å². The van der Waals surface area contributed by atoms with Crippen LogP contribution in [0, 0.1) is 0 Å². The van der Waals surface area contributed by atoms with Crippen molar-refractivity contribution in [1.82, 2.24) is 4.31 Å². The minimum Gasteiger partial charge on any atom is -0.760 e. The molecule has 0 spiro atoms. The first-order chi connectivity index (χ1) is 3.18. The van der Waals surface area contributed by atoms with Gasteiger partial charge in [0.25, 0.3) is 0 Å². The Bertz CT molecular complexity index is 75.3. The van der Waals surface area contributed by atoms with Gasteiger partial charge in [-0.25, -0.2) is 4.31 Å². The van der Waals surface area contributed by atoms with E-state index in [0.29, 0.717) is 0 Å². The Kier molecular flexibility index (Phi) is 3.10. The summed E-state index contributed by atoms with van der Waals surface area (Å²) in [6, 6.07) is 0. The van der Waals surface area contributed by atoms with E-state index in [1.807, 2.05) is 0 Å². The van der Waals surface area contributed by atoms with E-state index in [2.05, 4.69) is 0 Å². The number of hydrogen-bond donors (Lipinski definition) is 1. The largest absolute Gasteiger partial charge is 0.760 e. The minimum absolute atomic E-state index is 0.462. The summed E-state index contributed by atoms with van der Waals surface area (Å²) >= 11 is -2.28. The van der Waals surface area contributed by atoms with E-state index in [-0.39, 0.29) is 0 Å². The second-order valence-electron chi connectivity index (χ2n) is 0.986. The number of nitrogens with zero attached hydrogens (tertiary/aromatic N) is 1. The molecule has 1 N–H and O–H groups in total. The molecule has 0 bridgehead atoms. The summed E-state index contributed by atoms with van der Waals surface area (Å²) in [5, 5.41) is 8.04. The van der Waals surface area contributed by atoms with Gasteiger partial charge >= 0.3 is 0 Å². The van der Waals surface area contributed by atoms with Gasteiger partial charge in [-0.3, -0.25) is 4.21 Å². The maximum absolute atomic E-state index is 9.70. The highest BCUT2D eigenvalue weighted by Crippen LogP contribution is 1.78. The molecule has 1 atom stereocenters. The summed E-state index contributed by atoms with van der Waals surface area (Å²) in [5.41, 5.74) is 0. The standard InChI is InChI=1S/C2H7NO3S/c1-3(2-4)7(5)6/h4H,2H2,1H3,(H,5,6)/p-1. The molecule has 0 rings (SSSR count). The van der Waals surface area contributed by atoms with E-state index in [1.165, 1.54) is 7.05 Å². The quantitative estimate of drug-likeness (QED) is 0.366. The number of aliphatic hydroxyl groups excluding tert-OH is 1. The predicted octanol–water partition coefficient (Wildman–Crippen LogP) is -1.34. The molecule has 0 saturated heterocycles. The predicted molar refractivity (Wildman–Crippen MR) is 23.8 cm³/mol. The SMILES string of the molecule is CN(CO)S(=O)[O-]. The summed E-state index contributed by atoms with van der Waals surface area (Å²) in [6.45, 7) is -0.462. The van der Waals surface area contributed by atoms with E-state index in [9.17, 15) is 8.76 Å². The van der Waals surface area contributed by atoms with Crippen LogP contribution in [0.4, 0.5) is 0 Å². The Morgan fingerprint density at radius 2 is 2.43 bits per heavy atom. The Labute approximate surface area is 44.2 Å². The molecule has 7 heavy (non-hydrogen) atoms. The fourth-order valence-corrected chi connectivity index (χ4v) is 0.141. The average molecular weight is 124 g/mol. The first-order valence-electron chi connectivity index (χ1n) is 1.60. The lowest BCUT2D eigenvalue weighted by Gasteiger charge is -2.14. The van der Waals surface area contributed by atoms with Gasteiger partial charge < -0.3 is 9.66 Å². The lowest BCUT2D eigenvalue weighted by atomic mass is 11.2. The van der Waals surface area contributed by atoms with Crippen LogP contribution in [-0.4, -0.2) is 32.0 Å². The van der Waals surface area contributed by atoms with Gasteiger partial charge in [-0.2, -0.15) is 0 Å². The van der Waals surface area contributed by atoms with E-state index in [0.717, 1.165) is 4.31 Å². The molecule has 0 heterocycles. The minimum atomic E-state index is -2.28. The van der Waals surface area contributed by atoms with Crippen molar-refractivity contribution in [3.05, 3.63) is 0 Å². The van der Waals surface area contributed by atoms with Crippen LogP contribution in [0.2, 0.25) is 0 Å². The van der Waals surface area contributed by atoms with Crippen LogP contribution < -0.4 is 0 Å². The van der Waals surface area contributed by atoms with E-state index >= 15 is 0 Å². The molecule has 44 valence electrons. The van der Waals surface area contributed by atoms with E-state index < -0.39 is 18.0 Å². The lowest BCUT2D eigenvalue weighted by molar-refractivity contribution is 0.196. The zero-order valence-electron chi connectivity index (χ0n) is 3.83. The van der Waals surface area contributed by atoms with E-state index in [1.54, 1.807) is 0 Å². The molecular weight excluding hydrogens is 118 g/mol. The van der Waals surface area contributed by atoms with Crippen LogP contribution in [0.15, 0.2) is 0 Å². The highest BCUT2D eigenvalue weighted by atomic mass is 32.2. The van der Waals surface area contributed by atoms with Gasteiger partial charge in [0.05, 0.1) is 0 Å². The van der Waals surface area contributed by atoms with Gasteiger partial charge in [0, 0.05) is 18.3 Å². The first-order valence-corrected chi connectivity index (χ1v) is 2.63. The molecule has 0 aromatic carbocycles. The fraction of sp³-hybridized carbons (Fsp3) is 1.00. The van der Waals surface area contributed by atoms with Gasteiger partial charge in [0.15, 0.2) is 0 Å². The van der Waals surface area contributed by atoms with Crippen molar-refractivity contribution < 1.29 is 13.9 Å². The molecule has 0 saturated carbocycles. The average Bonchev–Trinajstić information content (AvgIpc) is 1.65. The Hall–Kier alpha value is 0.0300. The molecule has 0 aliphatic carbocycles. The van der Waals surface area contributed by atoms with Gasteiger partial charge in [-0.1, -0.05) is 0 Å². The lowest BCUT2D eigenvalue weighted by Crippen LogP contribution is -2.21. The summed E-state index contributed by atoms with van der Waals surface area (Å²) in [7, 11) is 1.27. The molecule has 1 unspecified atom stereocenters. The first kappa shape index (κ1) is 7.03. The zero-order chi connectivity index (χ0) is 5.86. The van der Waals surface area contributed by atoms with Crippen molar-refractivity contribution in [2.75, 3.05) is 13.8 Å². The molecule has 4 nitrogen and oxygen atoms in total. The summed E-state index contributed by atoms with van der Waals surface area (Å²) in [5.74, 6) is 0. The number of rotatable bonds is 2. The molecule has 0 fully saturated rings. The molecule has 0 aromatic rings. The van der Waals surface area contributed by atoms with Crippen molar-refractivity contribution in [2.24, 2.45) is 0 Å². The molecule has 0 amide bonds. The molecular formula is C2H6NO3S-. The van der Waals surface area contributed by atoms with Crippen LogP contribution >= 0.6 is 0 Å². The molecule has 0 aliphatic heterocycles. The molecule has 5 heteroatoms. The van der Waals surface area contributed by atoms with Crippen LogP contribution in [0.25, 0.3) is 0 Å². The van der Waals surface area contributed by atoms with Gasteiger partial charge in [-0.05, 0) is 0 Å². The molecule has 0 aromatic heterocycles. The highest BCUT2D eigenvalue weighted by Gasteiger charge is 1.88. The normalized spacial score (nSPS) is 14.9. The Morgan fingerprint density at radius 3 is 2.43 bits per heavy atom. The third-order valence-electron chi connectivity index (χ3n) is 0.454. The van der Waals surface area contributed by atoms with Crippen LogP contribution in [-0.2, 0) is 11.3 Å². The second-order valence-corrected chi connectivity index (χ2v) is 2.04. The molecule has 0 aliphatic rings. The molecule has 0 radical (unpaired) electrons. The third kappa shape index (κ3) is 2.69.